The van der Waals surface area contributed by atoms with Gasteiger partial charge in [-0.3, -0.25) is 10.1 Å². The van der Waals surface area contributed by atoms with E-state index in [1.165, 1.54) is 0 Å². The van der Waals surface area contributed by atoms with E-state index in [4.69, 9.17) is 4.74 Å². The van der Waals surface area contributed by atoms with E-state index in [0.29, 0.717) is 16.7 Å². The molecule has 2 aromatic carbocycles. The number of hydrogen-bond acceptors (Lipinski definition) is 4. The van der Waals surface area contributed by atoms with Gasteiger partial charge >= 0.3 is 11.7 Å². The molecule has 0 bridgehead atoms. The van der Waals surface area contributed by atoms with Gasteiger partial charge in [-0.25, -0.2) is 4.79 Å². The van der Waals surface area contributed by atoms with Crippen LogP contribution in [-0.4, -0.2) is 10.9 Å². The van der Waals surface area contributed by atoms with Gasteiger partial charge < -0.3 is 4.74 Å². The van der Waals surface area contributed by atoms with E-state index in [-0.39, 0.29) is 11.5 Å². The topological polar surface area (TPSA) is 69.4 Å². The zero-order valence-electron chi connectivity index (χ0n) is 13.0. The lowest BCUT2D eigenvalue weighted by molar-refractivity contribution is -0.375. The highest BCUT2D eigenvalue weighted by atomic mass is 16.6. The highest BCUT2D eigenvalue weighted by Crippen LogP contribution is 2.37. The van der Waals surface area contributed by atoms with Gasteiger partial charge in [0.05, 0.1) is 16.1 Å². The van der Waals surface area contributed by atoms with Crippen molar-refractivity contribution in [1.82, 2.24) is 0 Å². The molecule has 5 heteroatoms. The monoisotopic (exact) mass is 309 g/mol. The number of rotatable bonds is 2. The molecule has 0 atom stereocenters. The van der Waals surface area contributed by atoms with Crippen LogP contribution < -0.4 is 0 Å². The molecule has 1 aliphatic rings. The molecule has 0 amide bonds. The Bertz CT molecular complexity index is 881. The largest absolute Gasteiger partial charge is 0.415 e. The predicted molar refractivity (Wildman–Crippen MR) is 86.3 cm³/mol. The summed E-state index contributed by atoms with van der Waals surface area (Å²) in [5, 5.41) is 11.7. The number of hydrogen-bond donors (Lipinski definition) is 0. The fraction of sp³-hybridized carbons (Fsp3) is 0.167. The predicted octanol–water partition coefficient (Wildman–Crippen LogP) is 3.88. The number of benzene rings is 2. The minimum Gasteiger partial charge on any atom is -0.415 e. The van der Waals surface area contributed by atoms with E-state index in [9.17, 15) is 14.9 Å². The number of nitro groups is 1. The molecule has 0 N–H and O–H groups in total. The van der Waals surface area contributed by atoms with Gasteiger partial charge in [-0.2, -0.15) is 0 Å². The van der Waals surface area contributed by atoms with Gasteiger partial charge in [0.15, 0.2) is 0 Å². The zero-order chi connectivity index (χ0) is 16.7. The summed E-state index contributed by atoms with van der Waals surface area (Å²) in [6.45, 7) is 5.62. The summed E-state index contributed by atoms with van der Waals surface area (Å²) in [6.07, 6.45) is 0. The van der Waals surface area contributed by atoms with Crippen LogP contribution in [-0.2, 0) is 4.74 Å². The van der Waals surface area contributed by atoms with Crippen LogP contribution in [0, 0.1) is 30.9 Å². The maximum Gasteiger partial charge on any atom is 0.344 e. The minimum absolute atomic E-state index is 0.0173. The summed E-state index contributed by atoms with van der Waals surface area (Å²) in [6, 6.07) is 10.4. The average molecular weight is 309 g/mol. The first kappa shape index (κ1) is 15.0. The van der Waals surface area contributed by atoms with Crippen molar-refractivity contribution in [2.45, 2.75) is 20.8 Å². The van der Waals surface area contributed by atoms with Gasteiger partial charge in [-0.1, -0.05) is 24.3 Å². The number of fused-ring (bicyclic) bond motifs is 1. The Labute approximate surface area is 133 Å². The smallest absolute Gasteiger partial charge is 0.344 e. The number of aryl methyl sites for hydroxylation is 2. The number of esters is 1. The fourth-order valence-corrected chi connectivity index (χ4v) is 2.83. The molecule has 0 unspecified atom stereocenters. The molecule has 0 spiro atoms. The van der Waals surface area contributed by atoms with Crippen molar-refractivity contribution in [2.75, 3.05) is 0 Å². The van der Waals surface area contributed by atoms with Crippen molar-refractivity contribution in [3.63, 3.8) is 0 Å². The number of carbonyl (C=O) groups is 1. The Kier molecular flexibility index (Phi) is 3.48. The van der Waals surface area contributed by atoms with Crippen molar-refractivity contribution in [3.8, 4) is 0 Å². The minimum atomic E-state index is -0.558. The number of nitrogens with zero attached hydrogens (tertiary/aromatic N) is 1. The SMILES string of the molecule is Cc1cc(C)c(C)c(C(=C2OC(=O)c3ccccc32)[N+](=O)[O-])c1. The van der Waals surface area contributed by atoms with Crippen molar-refractivity contribution < 1.29 is 14.5 Å². The maximum absolute atomic E-state index is 12.0. The molecule has 5 nitrogen and oxygen atoms in total. The first-order chi connectivity index (χ1) is 10.9. The number of cyclic esters (lactones) is 1. The van der Waals surface area contributed by atoms with Crippen LogP contribution in [0.25, 0.3) is 11.5 Å². The van der Waals surface area contributed by atoms with Crippen LogP contribution >= 0.6 is 0 Å². The van der Waals surface area contributed by atoms with E-state index >= 15 is 0 Å². The van der Waals surface area contributed by atoms with Crippen LogP contribution in [0.15, 0.2) is 36.4 Å². The standard InChI is InChI=1S/C18H15NO4/c1-10-8-11(2)12(3)15(9-10)16(19(21)22)17-13-6-4-5-7-14(13)18(20)23-17/h4-9H,1-3H3. The second-order valence-corrected chi connectivity index (χ2v) is 5.62. The van der Waals surface area contributed by atoms with E-state index in [0.717, 1.165) is 16.7 Å². The normalized spacial score (nSPS) is 15.2. The summed E-state index contributed by atoms with van der Waals surface area (Å²) in [5.41, 5.74) is 3.79. The van der Waals surface area contributed by atoms with Crippen molar-refractivity contribution in [3.05, 3.63) is 79.9 Å². The molecule has 0 saturated carbocycles. The quantitative estimate of drug-likeness (QED) is 0.479. The summed E-state index contributed by atoms with van der Waals surface area (Å²) in [4.78, 5) is 23.2. The molecule has 0 saturated heterocycles. The molecular formula is C18H15NO4. The summed E-state index contributed by atoms with van der Waals surface area (Å²) in [7, 11) is 0. The van der Waals surface area contributed by atoms with Crippen molar-refractivity contribution >= 4 is 17.4 Å². The van der Waals surface area contributed by atoms with Crippen LogP contribution in [0.2, 0.25) is 0 Å². The highest BCUT2D eigenvalue weighted by molar-refractivity contribution is 6.07. The lowest BCUT2D eigenvalue weighted by atomic mass is 9.96. The van der Waals surface area contributed by atoms with E-state index in [2.05, 4.69) is 0 Å². The molecule has 23 heavy (non-hydrogen) atoms. The van der Waals surface area contributed by atoms with Gasteiger partial charge in [-0.15, -0.1) is 0 Å². The van der Waals surface area contributed by atoms with Gasteiger partial charge in [0.25, 0.3) is 0 Å². The summed E-state index contributed by atoms with van der Waals surface area (Å²) in [5.74, 6) is -0.541. The number of carbonyl (C=O) groups excluding carboxylic acids is 1. The van der Waals surface area contributed by atoms with E-state index < -0.39 is 10.9 Å². The van der Waals surface area contributed by atoms with Gasteiger partial charge in [0.1, 0.15) is 0 Å². The molecule has 2 aromatic rings. The molecule has 1 aliphatic heterocycles. The number of ether oxygens (including phenoxy) is 1. The summed E-state index contributed by atoms with van der Waals surface area (Å²) < 4.78 is 5.24. The first-order valence-electron chi connectivity index (χ1n) is 7.18. The Morgan fingerprint density at radius 3 is 2.39 bits per heavy atom. The van der Waals surface area contributed by atoms with Crippen LogP contribution in [0.5, 0.6) is 0 Å². The molecule has 116 valence electrons. The summed E-state index contributed by atoms with van der Waals surface area (Å²) >= 11 is 0. The molecule has 3 rings (SSSR count). The van der Waals surface area contributed by atoms with E-state index in [1.54, 1.807) is 30.3 Å². The van der Waals surface area contributed by atoms with E-state index in [1.807, 2.05) is 26.8 Å². The van der Waals surface area contributed by atoms with Crippen molar-refractivity contribution in [1.29, 1.82) is 0 Å². The second kappa shape index (κ2) is 5.35. The van der Waals surface area contributed by atoms with Gasteiger partial charge in [0, 0.05) is 5.56 Å². The molecule has 0 aliphatic carbocycles. The fourth-order valence-electron chi connectivity index (χ4n) is 2.83. The van der Waals surface area contributed by atoms with Gasteiger partial charge in [-0.05, 0) is 49.6 Å². The second-order valence-electron chi connectivity index (χ2n) is 5.62. The molecule has 0 fully saturated rings. The van der Waals surface area contributed by atoms with Crippen LogP contribution in [0.1, 0.15) is 38.2 Å². The molecular weight excluding hydrogens is 294 g/mol. The molecule has 0 radical (unpaired) electrons. The Hall–Kier alpha value is -2.95. The van der Waals surface area contributed by atoms with Crippen molar-refractivity contribution in [2.24, 2.45) is 0 Å². The zero-order valence-corrected chi connectivity index (χ0v) is 13.0. The Morgan fingerprint density at radius 1 is 1.09 bits per heavy atom. The Balaban J connectivity index is 2.35. The molecule has 1 heterocycles. The Morgan fingerprint density at radius 2 is 1.74 bits per heavy atom. The van der Waals surface area contributed by atoms with Crippen LogP contribution in [0.3, 0.4) is 0 Å². The highest BCUT2D eigenvalue weighted by Gasteiger charge is 2.35. The van der Waals surface area contributed by atoms with Gasteiger partial charge in [0.2, 0.25) is 5.76 Å². The van der Waals surface area contributed by atoms with Crippen LogP contribution in [0.4, 0.5) is 0 Å². The third-order valence-electron chi connectivity index (χ3n) is 4.05. The molecule has 0 aromatic heterocycles. The lowest BCUT2D eigenvalue weighted by Gasteiger charge is -2.10. The third kappa shape index (κ3) is 2.40. The maximum atomic E-state index is 12.0. The third-order valence-corrected chi connectivity index (χ3v) is 4.05. The lowest BCUT2D eigenvalue weighted by Crippen LogP contribution is -2.06. The average Bonchev–Trinajstić information content (AvgIpc) is 2.82. The first-order valence-corrected chi connectivity index (χ1v) is 7.18.